The summed E-state index contributed by atoms with van der Waals surface area (Å²) in [6, 6.07) is 9.44. The number of hydrogen-bond acceptors (Lipinski definition) is 4. The summed E-state index contributed by atoms with van der Waals surface area (Å²) in [6.45, 7) is 2.65. The maximum Gasteiger partial charge on any atom is 0.228 e. The maximum atomic E-state index is 13.0. The van der Waals surface area contributed by atoms with E-state index in [0.717, 1.165) is 5.69 Å². The molecule has 3 heterocycles. The molecule has 4 rings (SSSR count). The zero-order valence-corrected chi connectivity index (χ0v) is 17.7. The Morgan fingerprint density at radius 1 is 0.774 bits per heavy atom. The van der Waals surface area contributed by atoms with E-state index in [1.807, 2.05) is 40.1 Å². The van der Waals surface area contributed by atoms with Crippen molar-refractivity contribution >= 4 is 29.3 Å². The summed E-state index contributed by atoms with van der Waals surface area (Å²) in [7, 11) is 0. The van der Waals surface area contributed by atoms with Gasteiger partial charge >= 0.3 is 0 Å². The summed E-state index contributed by atoms with van der Waals surface area (Å²) in [5.41, 5.74) is 6.20. The third kappa shape index (κ3) is 4.57. The van der Waals surface area contributed by atoms with Crippen molar-refractivity contribution in [3.8, 4) is 0 Å². The van der Waals surface area contributed by atoms with E-state index in [4.69, 9.17) is 5.73 Å². The number of amides is 4. The molecule has 0 aliphatic carbocycles. The molecule has 166 valence electrons. The fourth-order valence-electron chi connectivity index (χ4n) is 4.98. The van der Waals surface area contributed by atoms with Gasteiger partial charge in [-0.25, -0.2) is 0 Å². The van der Waals surface area contributed by atoms with Gasteiger partial charge < -0.3 is 20.4 Å². The van der Waals surface area contributed by atoms with Gasteiger partial charge in [-0.05, 0) is 37.8 Å². The Kier molecular flexibility index (Phi) is 6.25. The van der Waals surface area contributed by atoms with Gasteiger partial charge in [-0.2, -0.15) is 0 Å². The number of carbonyl (C=O) groups excluding carboxylic acids is 4. The van der Waals surface area contributed by atoms with Gasteiger partial charge in [-0.3, -0.25) is 19.2 Å². The Labute approximate surface area is 182 Å². The highest BCUT2D eigenvalue weighted by atomic mass is 16.2. The van der Waals surface area contributed by atoms with E-state index < -0.39 is 0 Å². The van der Waals surface area contributed by atoms with E-state index in [1.165, 1.54) is 0 Å². The molecule has 8 nitrogen and oxygen atoms in total. The summed E-state index contributed by atoms with van der Waals surface area (Å²) in [5, 5.41) is 0. The van der Waals surface area contributed by atoms with Crippen molar-refractivity contribution in [2.45, 2.75) is 32.1 Å². The van der Waals surface area contributed by atoms with Gasteiger partial charge in [0.15, 0.2) is 0 Å². The van der Waals surface area contributed by atoms with Gasteiger partial charge in [0.2, 0.25) is 23.6 Å². The third-order valence-electron chi connectivity index (χ3n) is 6.91. The van der Waals surface area contributed by atoms with Crippen LogP contribution in [0.1, 0.15) is 32.1 Å². The summed E-state index contributed by atoms with van der Waals surface area (Å²) in [4.78, 5) is 55.0. The Hall–Kier alpha value is -2.90. The van der Waals surface area contributed by atoms with Gasteiger partial charge in [0.25, 0.3) is 0 Å². The predicted octanol–water partition coefficient (Wildman–Crippen LogP) is 1.00. The number of benzene rings is 1. The lowest BCUT2D eigenvalue weighted by atomic mass is 9.91. The molecule has 1 aromatic rings. The highest BCUT2D eigenvalue weighted by molar-refractivity contribution is 6.00. The average molecular weight is 427 g/mol. The van der Waals surface area contributed by atoms with Crippen LogP contribution in [-0.4, -0.2) is 66.2 Å². The number of likely N-dealkylation sites (tertiary alicyclic amines) is 2. The topological polar surface area (TPSA) is 104 Å². The van der Waals surface area contributed by atoms with Gasteiger partial charge in [0, 0.05) is 56.7 Å². The van der Waals surface area contributed by atoms with Gasteiger partial charge in [0.05, 0.1) is 5.92 Å². The number of rotatable bonds is 4. The first-order chi connectivity index (χ1) is 14.9. The quantitative estimate of drug-likeness (QED) is 0.776. The summed E-state index contributed by atoms with van der Waals surface area (Å²) in [5.74, 6) is -0.702. The minimum Gasteiger partial charge on any atom is -0.369 e. The summed E-state index contributed by atoms with van der Waals surface area (Å²) >= 11 is 0. The van der Waals surface area contributed by atoms with Crippen molar-refractivity contribution in [3.63, 3.8) is 0 Å². The van der Waals surface area contributed by atoms with Crippen molar-refractivity contribution in [2.24, 2.45) is 23.5 Å². The Bertz CT molecular complexity index is 842. The van der Waals surface area contributed by atoms with Crippen molar-refractivity contribution in [1.29, 1.82) is 0 Å². The van der Waals surface area contributed by atoms with Crippen LogP contribution in [0.25, 0.3) is 0 Å². The number of carbonyl (C=O) groups is 4. The number of anilines is 1. The van der Waals surface area contributed by atoms with Crippen LogP contribution in [0.2, 0.25) is 0 Å². The minimum atomic E-state index is -0.326. The monoisotopic (exact) mass is 426 g/mol. The molecule has 3 aliphatic heterocycles. The fourth-order valence-corrected chi connectivity index (χ4v) is 4.98. The minimum absolute atomic E-state index is 0.0138. The molecule has 2 N–H and O–H groups in total. The van der Waals surface area contributed by atoms with Crippen LogP contribution in [0.5, 0.6) is 0 Å². The number of piperidine rings is 2. The van der Waals surface area contributed by atoms with Gasteiger partial charge in [0.1, 0.15) is 0 Å². The SMILES string of the molecule is NC(=O)C1CCN(C(=O)C2CCN(C(=O)[C@H]3CC(=O)N(c4ccccc4)C3)CC2)CC1. The Morgan fingerprint density at radius 2 is 1.29 bits per heavy atom. The molecule has 31 heavy (non-hydrogen) atoms. The average Bonchev–Trinajstić information content (AvgIpc) is 3.20. The van der Waals surface area contributed by atoms with Gasteiger partial charge in [-0.1, -0.05) is 18.2 Å². The number of primary amides is 1. The predicted molar refractivity (Wildman–Crippen MR) is 115 cm³/mol. The molecular weight excluding hydrogens is 396 g/mol. The van der Waals surface area contributed by atoms with E-state index in [1.54, 1.807) is 4.90 Å². The lowest BCUT2D eigenvalue weighted by Gasteiger charge is -2.37. The van der Waals surface area contributed by atoms with E-state index in [-0.39, 0.29) is 47.8 Å². The van der Waals surface area contributed by atoms with E-state index in [9.17, 15) is 19.2 Å². The van der Waals surface area contributed by atoms with Crippen LogP contribution in [0.15, 0.2) is 30.3 Å². The Morgan fingerprint density at radius 3 is 1.84 bits per heavy atom. The van der Waals surface area contributed by atoms with Crippen LogP contribution in [0, 0.1) is 17.8 Å². The molecule has 3 fully saturated rings. The van der Waals surface area contributed by atoms with Gasteiger partial charge in [-0.15, -0.1) is 0 Å². The third-order valence-corrected chi connectivity index (χ3v) is 6.91. The number of nitrogens with zero attached hydrogens (tertiary/aromatic N) is 3. The second-order valence-electron chi connectivity index (χ2n) is 8.84. The lowest BCUT2D eigenvalue weighted by Crippen LogP contribution is -2.48. The molecule has 3 saturated heterocycles. The molecule has 4 amide bonds. The molecule has 0 radical (unpaired) electrons. The largest absolute Gasteiger partial charge is 0.369 e. The van der Waals surface area contributed by atoms with Crippen molar-refractivity contribution < 1.29 is 19.2 Å². The molecule has 0 unspecified atom stereocenters. The maximum absolute atomic E-state index is 13.0. The van der Waals surface area contributed by atoms with Crippen molar-refractivity contribution in [1.82, 2.24) is 9.80 Å². The number of nitrogens with two attached hydrogens (primary N) is 1. The first kappa shape index (κ1) is 21.3. The second kappa shape index (κ2) is 9.08. The Balaban J connectivity index is 1.27. The van der Waals surface area contributed by atoms with E-state index in [0.29, 0.717) is 58.4 Å². The number of hydrogen-bond donors (Lipinski definition) is 1. The van der Waals surface area contributed by atoms with Crippen LogP contribution in [-0.2, 0) is 19.2 Å². The molecule has 0 aromatic heterocycles. The smallest absolute Gasteiger partial charge is 0.228 e. The first-order valence-corrected chi connectivity index (χ1v) is 11.2. The van der Waals surface area contributed by atoms with Crippen molar-refractivity contribution in [3.05, 3.63) is 30.3 Å². The van der Waals surface area contributed by atoms with Crippen LogP contribution in [0.4, 0.5) is 5.69 Å². The molecule has 0 spiro atoms. The fraction of sp³-hybridized carbons (Fsp3) is 0.565. The van der Waals surface area contributed by atoms with Crippen molar-refractivity contribution in [2.75, 3.05) is 37.6 Å². The molecule has 0 bridgehead atoms. The highest BCUT2D eigenvalue weighted by Gasteiger charge is 2.39. The molecule has 1 aromatic carbocycles. The molecular formula is C23H30N4O4. The van der Waals surface area contributed by atoms with Crippen LogP contribution in [0.3, 0.4) is 0 Å². The standard InChI is InChI=1S/C23H30N4O4/c24-21(29)16-6-10-25(11-7-16)22(30)17-8-12-26(13-9-17)23(31)18-14-20(28)27(15-18)19-4-2-1-3-5-19/h1-5,16-18H,6-15H2,(H2,24,29)/t18-/m0/s1. The summed E-state index contributed by atoms with van der Waals surface area (Å²) in [6.07, 6.45) is 2.78. The number of para-hydroxylation sites is 1. The zero-order chi connectivity index (χ0) is 22.0. The normalized spacial score (nSPS) is 23.3. The van der Waals surface area contributed by atoms with E-state index in [2.05, 4.69) is 0 Å². The molecule has 0 saturated carbocycles. The van der Waals surface area contributed by atoms with Crippen LogP contribution >= 0.6 is 0 Å². The molecule has 8 heteroatoms. The summed E-state index contributed by atoms with van der Waals surface area (Å²) < 4.78 is 0. The highest BCUT2D eigenvalue weighted by Crippen LogP contribution is 2.29. The van der Waals surface area contributed by atoms with E-state index >= 15 is 0 Å². The zero-order valence-electron chi connectivity index (χ0n) is 17.7. The molecule has 3 aliphatic rings. The lowest BCUT2D eigenvalue weighted by molar-refractivity contribution is -0.143. The first-order valence-electron chi connectivity index (χ1n) is 11.2. The second-order valence-corrected chi connectivity index (χ2v) is 8.84. The molecule has 1 atom stereocenters. The van der Waals surface area contributed by atoms with Crippen LogP contribution < -0.4 is 10.6 Å².